The van der Waals surface area contributed by atoms with Crippen LogP contribution in [0, 0.1) is 10.5 Å². The Hall–Kier alpha value is -2.80. The molecule has 4 nitrogen and oxygen atoms in total. The van der Waals surface area contributed by atoms with E-state index in [0.717, 1.165) is 26.0 Å². The number of methoxy groups -OCH3 is 1. The molecule has 0 unspecified atom stereocenters. The highest BCUT2D eigenvalue weighted by Gasteiger charge is 2.17. The van der Waals surface area contributed by atoms with Crippen molar-refractivity contribution in [2.24, 2.45) is 0 Å². The van der Waals surface area contributed by atoms with E-state index >= 15 is 0 Å². The average molecular weight is 498 g/mol. The molecule has 1 heterocycles. The van der Waals surface area contributed by atoms with Gasteiger partial charge in [0.15, 0.2) is 11.0 Å². The molecule has 0 saturated heterocycles. The van der Waals surface area contributed by atoms with Crippen molar-refractivity contribution in [1.82, 2.24) is 0 Å². The second-order valence-electron chi connectivity index (χ2n) is 6.69. The topological polar surface area (TPSA) is 48.7 Å². The highest BCUT2D eigenvalue weighted by molar-refractivity contribution is 14.1. The van der Waals surface area contributed by atoms with Gasteiger partial charge >= 0.3 is 0 Å². The van der Waals surface area contributed by atoms with Gasteiger partial charge in [0.05, 0.1) is 10.7 Å². The van der Waals surface area contributed by atoms with Crippen LogP contribution in [0.2, 0.25) is 0 Å². The molecular weight excluding hydrogens is 479 g/mol. The number of hydrogen-bond acceptors (Lipinski definition) is 4. The molecule has 5 heteroatoms. The van der Waals surface area contributed by atoms with E-state index in [9.17, 15) is 4.79 Å². The second-order valence-corrected chi connectivity index (χ2v) is 7.77. The van der Waals surface area contributed by atoms with Gasteiger partial charge in [-0.3, -0.25) is 4.79 Å². The minimum atomic E-state index is -0.127. The molecule has 0 saturated carbocycles. The van der Waals surface area contributed by atoms with Crippen LogP contribution < -0.4 is 14.9 Å². The van der Waals surface area contributed by atoms with E-state index in [0.29, 0.717) is 29.1 Å². The van der Waals surface area contributed by atoms with Gasteiger partial charge in [0.25, 0.3) is 0 Å². The van der Waals surface area contributed by atoms with Crippen molar-refractivity contribution < 1.29 is 13.9 Å². The Morgan fingerprint density at radius 3 is 2.41 bits per heavy atom. The van der Waals surface area contributed by atoms with Crippen LogP contribution in [0.3, 0.4) is 0 Å². The number of rotatable bonds is 5. The van der Waals surface area contributed by atoms with Crippen LogP contribution in [0.25, 0.3) is 22.3 Å². The van der Waals surface area contributed by atoms with Gasteiger partial charge in [-0.05, 0) is 71.0 Å². The molecule has 0 amide bonds. The van der Waals surface area contributed by atoms with Crippen LogP contribution in [0.4, 0.5) is 0 Å². The first-order valence-corrected chi connectivity index (χ1v) is 10.2. The lowest BCUT2D eigenvalue weighted by Crippen LogP contribution is -2.06. The zero-order valence-electron chi connectivity index (χ0n) is 16.1. The van der Waals surface area contributed by atoms with Crippen LogP contribution in [-0.4, -0.2) is 7.11 Å². The zero-order chi connectivity index (χ0) is 20.4. The van der Waals surface area contributed by atoms with Gasteiger partial charge in [0, 0.05) is 11.6 Å². The smallest absolute Gasteiger partial charge is 0.197 e. The number of hydrogen-bond donors (Lipinski definition) is 0. The van der Waals surface area contributed by atoms with Gasteiger partial charge in [0.2, 0.25) is 0 Å². The van der Waals surface area contributed by atoms with Gasteiger partial charge in [-0.1, -0.05) is 30.3 Å². The third-order valence-corrected chi connectivity index (χ3v) is 6.04. The highest BCUT2D eigenvalue weighted by atomic mass is 127. The van der Waals surface area contributed by atoms with Crippen molar-refractivity contribution in [3.05, 3.63) is 91.7 Å². The van der Waals surface area contributed by atoms with Crippen molar-refractivity contribution in [2.45, 2.75) is 13.5 Å². The van der Waals surface area contributed by atoms with E-state index in [1.54, 1.807) is 7.11 Å². The van der Waals surface area contributed by atoms with Crippen LogP contribution in [0.5, 0.6) is 11.5 Å². The monoisotopic (exact) mass is 498 g/mol. The van der Waals surface area contributed by atoms with Crippen LogP contribution in [-0.2, 0) is 6.61 Å². The first-order chi connectivity index (χ1) is 14.1. The molecule has 4 rings (SSSR count). The normalized spacial score (nSPS) is 10.9. The molecule has 0 radical (unpaired) electrons. The number of benzene rings is 3. The molecule has 0 aliphatic carbocycles. The van der Waals surface area contributed by atoms with E-state index in [4.69, 9.17) is 13.9 Å². The Morgan fingerprint density at radius 1 is 1.00 bits per heavy atom. The zero-order valence-corrected chi connectivity index (χ0v) is 18.2. The summed E-state index contributed by atoms with van der Waals surface area (Å²) < 4.78 is 18.3. The van der Waals surface area contributed by atoms with Crippen molar-refractivity contribution in [1.29, 1.82) is 0 Å². The standard InChI is InChI=1S/C24H19IO4/c1-15-12-21(28-14-16-6-4-3-5-7-16)22-19(26)13-20(29-24(22)23(15)25)17-8-10-18(27-2)11-9-17/h3-13H,14H2,1-2H3. The van der Waals surface area contributed by atoms with Crippen molar-refractivity contribution in [2.75, 3.05) is 7.11 Å². The lowest BCUT2D eigenvalue weighted by atomic mass is 10.1. The SMILES string of the molecule is COc1ccc(-c2cc(=O)c3c(OCc4ccccc4)cc(C)c(I)c3o2)cc1. The second kappa shape index (κ2) is 8.29. The number of aryl methyl sites for hydroxylation is 1. The fraction of sp³-hybridized carbons (Fsp3) is 0.125. The summed E-state index contributed by atoms with van der Waals surface area (Å²) in [5.74, 6) is 1.80. The Balaban J connectivity index is 1.80. The summed E-state index contributed by atoms with van der Waals surface area (Å²) in [5, 5.41) is 0.466. The lowest BCUT2D eigenvalue weighted by molar-refractivity contribution is 0.309. The number of halogens is 1. The molecule has 0 N–H and O–H groups in total. The summed E-state index contributed by atoms with van der Waals surface area (Å²) in [6.45, 7) is 2.37. The molecule has 1 aromatic heterocycles. The predicted molar refractivity (Wildman–Crippen MR) is 123 cm³/mol. The highest BCUT2D eigenvalue weighted by Crippen LogP contribution is 2.33. The van der Waals surface area contributed by atoms with E-state index < -0.39 is 0 Å². The molecule has 0 atom stereocenters. The molecule has 0 spiro atoms. The minimum Gasteiger partial charge on any atom is -0.497 e. The van der Waals surface area contributed by atoms with Crippen molar-refractivity contribution in [3.63, 3.8) is 0 Å². The quantitative estimate of drug-likeness (QED) is 0.319. The molecule has 3 aromatic carbocycles. The van der Waals surface area contributed by atoms with Gasteiger partial charge in [-0.2, -0.15) is 0 Å². The molecule has 4 aromatic rings. The first kappa shape index (κ1) is 19.5. The summed E-state index contributed by atoms with van der Waals surface area (Å²) >= 11 is 2.22. The summed E-state index contributed by atoms with van der Waals surface area (Å²) in [4.78, 5) is 13.0. The fourth-order valence-corrected chi connectivity index (χ4v) is 3.67. The molecule has 0 bridgehead atoms. The van der Waals surface area contributed by atoms with Gasteiger partial charge in [0.1, 0.15) is 29.3 Å². The average Bonchev–Trinajstić information content (AvgIpc) is 2.76. The Labute approximate surface area is 182 Å². The number of fused-ring (bicyclic) bond motifs is 1. The summed E-state index contributed by atoms with van der Waals surface area (Å²) in [6, 6.07) is 20.7. The number of ether oxygens (including phenoxy) is 2. The molecule has 0 fully saturated rings. The van der Waals surface area contributed by atoms with Gasteiger partial charge in [-0.25, -0.2) is 0 Å². The third kappa shape index (κ3) is 4.00. The minimum absolute atomic E-state index is 0.127. The summed E-state index contributed by atoms with van der Waals surface area (Å²) in [5.41, 5.74) is 3.27. The molecule has 0 aliphatic heterocycles. The van der Waals surface area contributed by atoms with Crippen molar-refractivity contribution in [3.8, 4) is 22.8 Å². The van der Waals surface area contributed by atoms with Crippen LogP contribution in [0.15, 0.2) is 75.9 Å². The van der Waals surface area contributed by atoms with Crippen LogP contribution in [0.1, 0.15) is 11.1 Å². The van der Waals surface area contributed by atoms with E-state index in [1.807, 2.05) is 67.6 Å². The van der Waals surface area contributed by atoms with Crippen molar-refractivity contribution >= 4 is 33.6 Å². The van der Waals surface area contributed by atoms with E-state index in [1.165, 1.54) is 6.07 Å². The molecule has 146 valence electrons. The van der Waals surface area contributed by atoms with Gasteiger partial charge < -0.3 is 13.9 Å². The molecular formula is C24H19IO4. The molecule has 29 heavy (non-hydrogen) atoms. The molecule has 0 aliphatic rings. The summed E-state index contributed by atoms with van der Waals surface area (Å²) in [7, 11) is 1.62. The maximum Gasteiger partial charge on any atom is 0.197 e. The van der Waals surface area contributed by atoms with Gasteiger partial charge in [-0.15, -0.1) is 0 Å². The maximum absolute atomic E-state index is 13.0. The van der Waals surface area contributed by atoms with Crippen LogP contribution >= 0.6 is 22.6 Å². The Morgan fingerprint density at radius 2 is 1.72 bits per heavy atom. The van der Waals surface area contributed by atoms with E-state index in [-0.39, 0.29) is 5.43 Å². The maximum atomic E-state index is 13.0. The third-order valence-electron chi connectivity index (χ3n) is 4.70. The summed E-state index contributed by atoms with van der Waals surface area (Å²) in [6.07, 6.45) is 0. The predicted octanol–water partition coefficient (Wildman–Crippen LogP) is 5.96. The largest absolute Gasteiger partial charge is 0.497 e. The Bertz CT molecular complexity index is 1210. The van der Waals surface area contributed by atoms with E-state index in [2.05, 4.69) is 22.6 Å². The Kier molecular flexibility index (Phi) is 5.58. The fourth-order valence-electron chi connectivity index (χ4n) is 3.14. The first-order valence-electron chi connectivity index (χ1n) is 9.15. The lowest BCUT2D eigenvalue weighted by Gasteiger charge is -2.13.